The van der Waals surface area contributed by atoms with E-state index >= 15 is 0 Å². The number of para-hydroxylation sites is 1. The molecule has 0 bridgehead atoms. The average Bonchev–Trinajstić information content (AvgIpc) is 2.91. The Hall–Kier alpha value is -2.29. The van der Waals surface area contributed by atoms with Gasteiger partial charge in [0.25, 0.3) is 0 Å². The lowest BCUT2D eigenvalue weighted by molar-refractivity contribution is -0.136. The minimum atomic E-state index is -4.49. The van der Waals surface area contributed by atoms with Crippen molar-refractivity contribution < 1.29 is 13.2 Å². The highest BCUT2D eigenvalue weighted by Crippen LogP contribution is 2.34. The van der Waals surface area contributed by atoms with Crippen LogP contribution in [0.2, 0.25) is 10.0 Å². The van der Waals surface area contributed by atoms with E-state index in [1.165, 1.54) is 18.2 Å². The molecule has 30 heavy (non-hydrogen) atoms. The largest absolute Gasteiger partial charge is 0.418 e. The molecule has 2 N–H and O–H groups in total. The molecule has 0 amide bonds. The van der Waals surface area contributed by atoms with E-state index in [0.29, 0.717) is 28.0 Å². The van der Waals surface area contributed by atoms with Gasteiger partial charge in [0, 0.05) is 0 Å². The van der Waals surface area contributed by atoms with Crippen LogP contribution in [-0.2, 0) is 12.7 Å². The molecule has 0 saturated carbocycles. The summed E-state index contributed by atoms with van der Waals surface area (Å²) in [5.41, 5.74) is 2.03. The lowest BCUT2D eigenvalue weighted by atomic mass is 10.1. The first kappa shape index (κ1) is 22.4. The summed E-state index contributed by atoms with van der Waals surface area (Å²) in [5, 5.41) is 11.0. The second kappa shape index (κ2) is 8.83. The molecular formula is C20H17Cl2F3N4S. The summed E-state index contributed by atoms with van der Waals surface area (Å²) < 4.78 is 41.3. The van der Waals surface area contributed by atoms with E-state index in [-0.39, 0.29) is 10.8 Å². The topological polar surface area (TPSA) is 41.9 Å². The van der Waals surface area contributed by atoms with E-state index in [2.05, 4.69) is 15.7 Å². The SMILES string of the molecule is Cc1nn(Cc2ccc(Cl)c(Cl)c2)c(C)c1NC(=S)Nc1ccccc1C(F)(F)F. The monoisotopic (exact) mass is 472 g/mol. The van der Waals surface area contributed by atoms with Crippen LogP contribution in [0.3, 0.4) is 0 Å². The number of thiocarbonyl (C=S) groups is 1. The zero-order valence-corrected chi connectivity index (χ0v) is 18.3. The van der Waals surface area contributed by atoms with Gasteiger partial charge < -0.3 is 10.6 Å². The highest BCUT2D eigenvalue weighted by atomic mass is 35.5. The Labute approximate surface area is 187 Å². The van der Waals surface area contributed by atoms with Crippen LogP contribution in [0.5, 0.6) is 0 Å². The van der Waals surface area contributed by atoms with E-state index in [0.717, 1.165) is 17.3 Å². The molecule has 0 radical (unpaired) electrons. The smallest absolute Gasteiger partial charge is 0.332 e. The number of nitrogens with zero attached hydrogens (tertiary/aromatic N) is 2. The quantitative estimate of drug-likeness (QED) is 0.415. The molecule has 158 valence electrons. The minimum Gasteiger partial charge on any atom is -0.332 e. The Balaban J connectivity index is 1.78. The third-order valence-corrected chi connectivity index (χ3v) is 5.36. The molecule has 3 aromatic rings. The molecule has 1 aromatic heterocycles. The van der Waals surface area contributed by atoms with Gasteiger partial charge in [0.05, 0.1) is 44.9 Å². The van der Waals surface area contributed by atoms with Crippen LogP contribution in [0.15, 0.2) is 42.5 Å². The summed E-state index contributed by atoms with van der Waals surface area (Å²) in [6.45, 7) is 4.07. The number of nitrogens with one attached hydrogen (secondary N) is 2. The van der Waals surface area contributed by atoms with Crippen LogP contribution in [0, 0.1) is 13.8 Å². The Kier molecular flexibility index (Phi) is 6.59. The first-order valence-corrected chi connectivity index (χ1v) is 9.95. The zero-order valence-electron chi connectivity index (χ0n) is 15.9. The number of hydrogen-bond acceptors (Lipinski definition) is 2. The van der Waals surface area contributed by atoms with E-state index < -0.39 is 11.7 Å². The van der Waals surface area contributed by atoms with E-state index in [4.69, 9.17) is 35.4 Å². The third kappa shape index (κ3) is 5.06. The maximum absolute atomic E-state index is 13.2. The molecule has 0 saturated heterocycles. The Morgan fingerprint density at radius 2 is 1.77 bits per heavy atom. The number of aryl methyl sites for hydroxylation is 1. The van der Waals surface area contributed by atoms with Crippen molar-refractivity contribution in [2.24, 2.45) is 0 Å². The van der Waals surface area contributed by atoms with Gasteiger partial charge in [-0.2, -0.15) is 18.3 Å². The first-order chi connectivity index (χ1) is 14.1. The van der Waals surface area contributed by atoms with Crippen LogP contribution in [0.4, 0.5) is 24.5 Å². The number of rotatable bonds is 4. The van der Waals surface area contributed by atoms with Crippen molar-refractivity contribution in [2.75, 3.05) is 10.6 Å². The average molecular weight is 473 g/mol. The molecule has 10 heteroatoms. The number of benzene rings is 2. The highest BCUT2D eigenvalue weighted by Gasteiger charge is 2.33. The summed E-state index contributed by atoms with van der Waals surface area (Å²) in [5.74, 6) is 0. The third-order valence-electron chi connectivity index (χ3n) is 4.42. The Morgan fingerprint density at radius 1 is 1.07 bits per heavy atom. The molecule has 0 aliphatic rings. The number of aromatic nitrogens is 2. The summed E-state index contributed by atoms with van der Waals surface area (Å²) >= 11 is 17.3. The number of alkyl halides is 3. The number of anilines is 2. The Morgan fingerprint density at radius 3 is 2.43 bits per heavy atom. The first-order valence-electron chi connectivity index (χ1n) is 8.78. The van der Waals surface area contributed by atoms with Gasteiger partial charge in [-0.15, -0.1) is 0 Å². The van der Waals surface area contributed by atoms with Crippen molar-refractivity contribution in [3.63, 3.8) is 0 Å². The molecule has 2 aromatic carbocycles. The van der Waals surface area contributed by atoms with Gasteiger partial charge in [0.15, 0.2) is 5.11 Å². The summed E-state index contributed by atoms with van der Waals surface area (Å²) in [7, 11) is 0. The lowest BCUT2D eigenvalue weighted by Crippen LogP contribution is -2.22. The van der Waals surface area contributed by atoms with E-state index in [9.17, 15) is 13.2 Å². The summed E-state index contributed by atoms with van der Waals surface area (Å²) in [6, 6.07) is 10.5. The molecule has 0 aliphatic carbocycles. The predicted octanol–water partition coefficient (Wildman–Crippen LogP) is 6.68. The van der Waals surface area contributed by atoms with Gasteiger partial charge in [-0.1, -0.05) is 41.4 Å². The molecule has 1 heterocycles. The zero-order chi connectivity index (χ0) is 22.1. The fourth-order valence-corrected chi connectivity index (χ4v) is 3.48. The molecule has 3 rings (SSSR count). The van der Waals surface area contributed by atoms with Crippen molar-refractivity contribution in [3.05, 3.63) is 75.0 Å². The standard InChI is InChI=1S/C20H17Cl2F3N4S/c1-11-18(12(2)29(28-11)10-13-7-8-15(21)16(22)9-13)27-19(30)26-17-6-4-3-5-14(17)20(23,24)25/h3-9H,10H2,1-2H3,(H2,26,27,30). The molecule has 0 spiro atoms. The second-order valence-corrected chi connectivity index (χ2v) is 7.80. The molecular weight excluding hydrogens is 456 g/mol. The number of halogens is 5. The van der Waals surface area contributed by atoms with Crippen molar-refractivity contribution in [1.29, 1.82) is 0 Å². The summed E-state index contributed by atoms with van der Waals surface area (Å²) in [4.78, 5) is 0. The maximum atomic E-state index is 13.2. The molecule has 0 aliphatic heterocycles. The van der Waals surface area contributed by atoms with Crippen LogP contribution in [0.1, 0.15) is 22.5 Å². The van der Waals surface area contributed by atoms with Gasteiger partial charge in [0.2, 0.25) is 0 Å². The second-order valence-electron chi connectivity index (χ2n) is 6.57. The lowest BCUT2D eigenvalue weighted by Gasteiger charge is -2.16. The van der Waals surface area contributed by atoms with Gasteiger partial charge in [-0.3, -0.25) is 4.68 Å². The highest BCUT2D eigenvalue weighted by molar-refractivity contribution is 7.80. The van der Waals surface area contributed by atoms with Crippen LogP contribution in [-0.4, -0.2) is 14.9 Å². The normalized spacial score (nSPS) is 11.4. The fourth-order valence-electron chi connectivity index (χ4n) is 2.95. The van der Waals surface area contributed by atoms with Gasteiger partial charge in [0.1, 0.15) is 0 Å². The van der Waals surface area contributed by atoms with Gasteiger partial charge in [-0.05, 0) is 55.9 Å². The molecule has 0 atom stereocenters. The molecule has 0 unspecified atom stereocenters. The minimum absolute atomic E-state index is 0.0342. The molecule has 4 nitrogen and oxygen atoms in total. The molecule has 0 fully saturated rings. The fraction of sp³-hybridized carbons (Fsp3) is 0.200. The van der Waals surface area contributed by atoms with Crippen molar-refractivity contribution in [2.45, 2.75) is 26.6 Å². The van der Waals surface area contributed by atoms with Crippen molar-refractivity contribution >= 4 is 51.9 Å². The van der Waals surface area contributed by atoms with Crippen LogP contribution >= 0.6 is 35.4 Å². The summed E-state index contributed by atoms with van der Waals surface area (Å²) in [6.07, 6.45) is -4.49. The van der Waals surface area contributed by atoms with Gasteiger partial charge >= 0.3 is 6.18 Å². The van der Waals surface area contributed by atoms with E-state index in [1.54, 1.807) is 23.7 Å². The van der Waals surface area contributed by atoms with Crippen molar-refractivity contribution in [3.8, 4) is 0 Å². The van der Waals surface area contributed by atoms with Crippen molar-refractivity contribution in [1.82, 2.24) is 9.78 Å². The predicted molar refractivity (Wildman–Crippen MR) is 119 cm³/mol. The Bertz CT molecular complexity index is 1100. The maximum Gasteiger partial charge on any atom is 0.418 e. The van der Waals surface area contributed by atoms with Gasteiger partial charge in [-0.25, -0.2) is 0 Å². The van der Waals surface area contributed by atoms with Crippen LogP contribution in [0.25, 0.3) is 0 Å². The van der Waals surface area contributed by atoms with E-state index in [1.807, 2.05) is 13.0 Å². The number of hydrogen-bond donors (Lipinski definition) is 2. The van der Waals surface area contributed by atoms with Crippen LogP contribution < -0.4 is 10.6 Å².